The van der Waals surface area contributed by atoms with Crippen molar-refractivity contribution in [1.82, 2.24) is 24.5 Å². The molecule has 0 aliphatic rings. The quantitative estimate of drug-likeness (QED) is 0.120. The van der Waals surface area contributed by atoms with Crippen LogP contribution in [-0.4, -0.2) is 50.0 Å². The number of ether oxygens (including phenoxy) is 3. The van der Waals surface area contributed by atoms with Crippen molar-refractivity contribution in [1.29, 1.82) is 0 Å². The Morgan fingerprint density at radius 1 is 0.893 bits per heavy atom. The van der Waals surface area contributed by atoms with Crippen LogP contribution in [-0.2, 0) is 34.5 Å². The molecule has 6 rings (SSSR count). The Morgan fingerprint density at radius 2 is 1.55 bits per heavy atom. The van der Waals surface area contributed by atoms with Crippen molar-refractivity contribution in [3.63, 3.8) is 0 Å². The minimum absolute atomic E-state index is 0.00439. The summed E-state index contributed by atoms with van der Waals surface area (Å²) in [5.74, 6) is 0.255. The second-order valence-corrected chi connectivity index (χ2v) is 13.2. The van der Waals surface area contributed by atoms with Gasteiger partial charge in [-0.25, -0.2) is 19.1 Å². The first-order chi connectivity index (χ1) is 26.7. The van der Waals surface area contributed by atoms with Crippen molar-refractivity contribution in [2.75, 3.05) is 19.3 Å². The summed E-state index contributed by atoms with van der Waals surface area (Å²) < 4.78 is 60.7. The topological polar surface area (TPSA) is 126 Å². The Labute approximate surface area is 330 Å². The molecule has 0 aliphatic heterocycles. The van der Waals surface area contributed by atoms with E-state index in [0.29, 0.717) is 27.4 Å². The van der Waals surface area contributed by atoms with Gasteiger partial charge in [0.25, 0.3) is 0 Å². The number of carbonyl (C=O) groups excluding carboxylic acids is 1. The predicted octanol–water partition coefficient (Wildman–Crippen LogP) is 9.53. The second kappa shape index (κ2) is 18.3. The van der Waals surface area contributed by atoms with Crippen LogP contribution >= 0.6 is 23.2 Å². The third kappa shape index (κ3) is 10.4. The number of para-hydroxylation sites is 1. The van der Waals surface area contributed by atoms with E-state index in [9.17, 15) is 23.1 Å². The summed E-state index contributed by atoms with van der Waals surface area (Å²) in [6.45, 7) is 3.32. The molecule has 1 atom stereocenters. The highest BCUT2D eigenvalue weighted by molar-refractivity contribution is 6.30. The van der Waals surface area contributed by atoms with Crippen LogP contribution in [0.3, 0.4) is 0 Å². The Hall–Kier alpha value is -5.61. The zero-order chi connectivity index (χ0) is 40.5. The zero-order valence-corrected chi connectivity index (χ0v) is 32.0. The first kappa shape index (κ1) is 41.6. The Bertz CT molecular complexity index is 2190. The molecule has 0 bridgehead atoms. The third-order valence-electron chi connectivity index (χ3n) is 8.40. The van der Waals surface area contributed by atoms with E-state index in [4.69, 9.17) is 42.3 Å². The van der Waals surface area contributed by atoms with Gasteiger partial charge in [0.2, 0.25) is 5.88 Å². The zero-order valence-electron chi connectivity index (χ0n) is 30.5. The van der Waals surface area contributed by atoms with Crippen molar-refractivity contribution < 1.29 is 42.1 Å². The number of rotatable bonds is 12. The Morgan fingerprint density at radius 3 is 2.16 bits per heavy atom. The number of hydrogen-bond donors (Lipinski definition) is 1. The predicted molar refractivity (Wildman–Crippen MR) is 203 cm³/mol. The summed E-state index contributed by atoms with van der Waals surface area (Å²) >= 11 is 11.7. The lowest BCUT2D eigenvalue weighted by molar-refractivity contribution is -0.142. The second-order valence-electron chi connectivity index (χ2n) is 12.4. The van der Waals surface area contributed by atoms with E-state index in [1.807, 2.05) is 24.3 Å². The van der Waals surface area contributed by atoms with Gasteiger partial charge in [-0.05, 0) is 78.2 Å². The van der Waals surface area contributed by atoms with Gasteiger partial charge >= 0.3 is 12.3 Å². The summed E-state index contributed by atoms with van der Waals surface area (Å²) in [5, 5.41) is 21.7. The van der Waals surface area contributed by atoms with E-state index in [2.05, 4.69) is 15.2 Å². The highest BCUT2D eigenvalue weighted by Crippen LogP contribution is 2.43. The normalized spacial score (nSPS) is 12.3. The number of halogens is 5. The van der Waals surface area contributed by atoms with Crippen molar-refractivity contribution in [3.05, 3.63) is 143 Å². The molecule has 0 spiro atoms. The van der Waals surface area contributed by atoms with E-state index in [0.717, 1.165) is 22.4 Å². The highest BCUT2D eigenvalue weighted by Gasteiger charge is 2.43. The molecule has 0 radical (unpaired) electrons. The van der Waals surface area contributed by atoms with Gasteiger partial charge in [0.1, 0.15) is 36.4 Å². The molecule has 294 valence electrons. The number of carbonyl (C=O) groups is 1. The lowest BCUT2D eigenvalue weighted by atomic mass is 9.80. The fraction of sp³-hybridized carbons (Fsp3) is 0.231. The number of amides is 1. The maximum absolute atomic E-state index is 13.9. The molecular formula is C39H37Cl2F3N6O6. The summed E-state index contributed by atoms with van der Waals surface area (Å²) in [6.07, 6.45) is -0.926. The Kier molecular flexibility index (Phi) is 13.6. The number of alkyl halides is 3. The SMILES string of the molecule is CC(C)C(O)(Cn1cncn1)c1ccc(Oc2ccc(Cl)cc2)cc1C(F)(F)F.COC(=O)N(OC)c1ccccc1COc1ccn(-c2ccc(Cl)cc2)n1. The van der Waals surface area contributed by atoms with Gasteiger partial charge in [0.05, 0.1) is 37.7 Å². The molecule has 6 aromatic rings. The number of benzene rings is 4. The number of hydrogen-bond acceptors (Lipinski definition) is 9. The van der Waals surface area contributed by atoms with Gasteiger partial charge in [-0.15, -0.1) is 5.10 Å². The molecule has 0 fully saturated rings. The Balaban J connectivity index is 0.000000215. The molecule has 1 N–H and O–H groups in total. The summed E-state index contributed by atoms with van der Waals surface area (Å²) in [5.41, 5.74) is -0.905. The lowest BCUT2D eigenvalue weighted by Gasteiger charge is -2.34. The molecule has 0 saturated carbocycles. The lowest BCUT2D eigenvalue weighted by Crippen LogP contribution is -2.39. The number of anilines is 1. The van der Waals surface area contributed by atoms with Gasteiger partial charge in [-0.1, -0.05) is 61.3 Å². The highest BCUT2D eigenvalue weighted by atomic mass is 35.5. The van der Waals surface area contributed by atoms with Crippen LogP contribution in [0.15, 0.2) is 116 Å². The number of aliphatic hydroxyl groups is 1. The molecule has 4 aromatic carbocycles. The van der Waals surface area contributed by atoms with Crippen LogP contribution in [0.5, 0.6) is 17.4 Å². The van der Waals surface area contributed by atoms with Crippen LogP contribution in [0.25, 0.3) is 5.69 Å². The van der Waals surface area contributed by atoms with Gasteiger partial charge < -0.3 is 19.3 Å². The van der Waals surface area contributed by atoms with Crippen molar-refractivity contribution in [2.24, 2.45) is 5.92 Å². The molecule has 0 saturated heterocycles. The molecule has 17 heteroatoms. The third-order valence-corrected chi connectivity index (χ3v) is 8.91. The average Bonchev–Trinajstić information content (AvgIpc) is 3.88. The monoisotopic (exact) mass is 812 g/mol. The van der Waals surface area contributed by atoms with Gasteiger partial charge in [-0.3, -0.25) is 4.84 Å². The van der Waals surface area contributed by atoms with Crippen LogP contribution in [0.4, 0.5) is 23.7 Å². The number of nitrogens with zero attached hydrogens (tertiary/aromatic N) is 6. The van der Waals surface area contributed by atoms with Gasteiger partial charge in [0, 0.05) is 27.9 Å². The van der Waals surface area contributed by atoms with E-state index >= 15 is 0 Å². The molecule has 1 unspecified atom stereocenters. The van der Waals surface area contributed by atoms with Crippen LogP contribution < -0.4 is 14.5 Å². The molecule has 12 nitrogen and oxygen atoms in total. The smallest absolute Gasteiger partial charge is 0.438 e. The first-order valence-corrected chi connectivity index (χ1v) is 17.6. The molecule has 2 aromatic heterocycles. The van der Waals surface area contributed by atoms with Crippen molar-refractivity contribution in [2.45, 2.75) is 38.8 Å². The maximum atomic E-state index is 13.9. The average molecular weight is 814 g/mol. The van der Waals surface area contributed by atoms with Crippen LogP contribution in [0.1, 0.15) is 30.5 Å². The van der Waals surface area contributed by atoms with Crippen molar-refractivity contribution in [3.8, 4) is 23.1 Å². The first-order valence-electron chi connectivity index (χ1n) is 16.9. The van der Waals surface area contributed by atoms with E-state index in [1.165, 1.54) is 43.7 Å². The molecule has 56 heavy (non-hydrogen) atoms. The van der Waals surface area contributed by atoms with E-state index in [-0.39, 0.29) is 24.5 Å². The number of hydroxylamine groups is 1. The minimum Gasteiger partial charge on any atom is -0.472 e. The fourth-order valence-corrected chi connectivity index (χ4v) is 5.69. The van der Waals surface area contributed by atoms with E-state index < -0.39 is 29.4 Å². The molecular weight excluding hydrogens is 776 g/mol. The van der Waals surface area contributed by atoms with Crippen molar-refractivity contribution >= 4 is 35.0 Å². The molecule has 0 aliphatic carbocycles. The van der Waals surface area contributed by atoms with Gasteiger partial charge in [-0.2, -0.15) is 23.3 Å². The van der Waals surface area contributed by atoms with E-state index in [1.54, 1.807) is 79.3 Å². The minimum atomic E-state index is -4.69. The van der Waals surface area contributed by atoms with Crippen LogP contribution in [0.2, 0.25) is 10.0 Å². The molecule has 1 amide bonds. The molecule has 2 heterocycles. The van der Waals surface area contributed by atoms with Crippen LogP contribution in [0, 0.1) is 5.92 Å². The standard InChI is InChI=1S/C20H19ClF3N3O2.C19H18ClN3O4/c1-13(2)19(28,10-27-12-25-11-26-27)17-8-7-16(9-18(17)20(22,23)24)29-15-5-3-14(21)4-6-15;1-25-19(24)23(26-2)17-6-4-3-5-14(17)13-27-18-11-12-22(21-18)16-9-7-15(20)8-10-16/h3-9,11-13,28H,10H2,1-2H3;3-12H,13H2,1-2H3. The largest absolute Gasteiger partial charge is 0.472 e. The number of aromatic nitrogens is 5. The maximum Gasteiger partial charge on any atom is 0.438 e. The number of methoxy groups -OCH3 is 1. The summed E-state index contributed by atoms with van der Waals surface area (Å²) in [6, 6.07) is 26.1. The fourth-order valence-electron chi connectivity index (χ4n) is 5.44. The summed E-state index contributed by atoms with van der Waals surface area (Å²) in [7, 11) is 2.68. The summed E-state index contributed by atoms with van der Waals surface area (Å²) in [4.78, 5) is 20.8. The van der Waals surface area contributed by atoms with Gasteiger partial charge in [0.15, 0.2) is 0 Å².